The third-order valence-electron chi connectivity index (χ3n) is 2.79. The summed E-state index contributed by atoms with van der Waals surface area (Å²) in [4.78, 5) is 35.5. The Bertz CT molecular complexity index is 676. The van der Waals surface area contributed by atoms with E-state index < -0.39 is 23.9 Å². The summed E-state index contributed by atoms with van der Waals surface area (Å²) < 4.78 is 4.12. The van der Waals surface area contributed by atoms with E-state index in [4.69, 9.17) is 10.8 Å². The summed E-state index contributed by atoms with van der Waals surface area (Å²) >= 11 is 0. The van der Waals surface area contributed by atoms with Gasteiger partial charge in [-0.1, -0.05) is 18.2 Å². The van der Waals surface area contributed by atoms with Gasteiger partial charge in [0.15, 0.2) is 0 Å². The number of carbonyl (C=O) groups is 3. The number of fused-ring (bicyclic) bond motifs is 1. The van der Waals surface area contributed by atoms with E-state index in [1.54, 1.807) is 6.20 Å². The molecule has 0 radical (unpaired) electrons. The minimum Gasteiger partial charge on any atom is -0.473 e. The molecule has 4 N–H and O–H groups in total. The number of carboxylic acids is 1. The third-order valence-corrected chi connectivity index (χ3v) is 2.79. The fraction of sp³-hybridized carbons (Fsp3) is 0.154. The quantitative estimate of drug-likeness (QED) is 0.418. The highest BCUT2D eigenvalue weighted by Gasteiger charge is 2.24. The molecule has 0 aliphatic carbocycles. The number of carbonyl (C=O) groups excluding carboxylic acids is 2. The molecule has 0 spiro atoms. The van der Waals surface area contributed by atoms with Crippen molar-refractivity contribution < 1.29 is 24.2 Å². The largest absolute Gasteiger partial charge is 0.473 e. The van der Waals surface area contributed by atoms with Crippen LogP contribution in [0.3, 0.4) is 0 Å². The van der Waals surface area contributed by atoms with Crippen molar-refractivity contribution in [3.8, 4) is 0 Å². The van der Waals surface area contributed by atoms with Gasteiger partial charge in [0.2, 0.25) is 0 Å². The van der Waals surface area contributed by atoms with Crippen molar-refractivity contribution in [2.45, 2.75) is 12.5 Å². The number of para-hydroxylation sites is 1. The number of aromatic amines is 1. The molecule has 2 aromatic rings. The summed E-state index contributed by atoms with van der Waals surface area (Å²) in [7, 11) is 0. The summed E-state index contributed by atoms with van der Waals surface area (Å²) in [6.45, 7) is 0. The van der Waals surface area contributed by atoms with Crippen LogP contribution in [0.4, 0.5) is 0 Å². The zero-order chi connectivity index (χ0) is 14.7. The number of rotatable bonds is 3. The first-order valence-electron chi connectivity index (χ1n) is 5.78. The molecule has 1 aromatic heterocycles. The van der Waals surface area contributed by atoms with Crippen LogP contribution in [0.15, 0.2) is 30.5 Å². The highest BCUT2D eigenvalue weighted by atomic mass is 16.6. The van der Waals surface area contributed by atoms with Crippen LogP contribution in [0, 0.1) is 0 Å². The van der Waals surface area contributed by atoms with E-state index in [0.29, 0.717) is 0 Å². The lowest BCUT2D eigenvalue weighted by molar-refractivity contribution is -0.171. The van der Waals surface area contributed by atoms with Crippen LogP contribution in [0.1, 0.15) is 5.56 Å². The molecule has 0 aliphatic rings. The van der Waals surface area contributed by atoms with Gasteiger partial charge < -0.3 is 20.6 Å². The van der Waals surface area contributed by atoms with E-state index in [1.807, 2.05) is 24.3 Å². The van der Waals surface area contributed by atoms with Crippen LogP contribution in [0.25, 0.3) is 10.9 Å². The van der Waals surface area contributed by atoms with Crippen LogP contribution < -0.4 is 5.73 Å². The Morgan fingerprint density at radius 3 is 2.70 bits per heavy atom. The second kappa shape index (κ2) is 5.54. The molecule has 1 heterocycles. The fourth-order valence-electron chi connectivity index (χ4n) is 1.83. The Kier molecular flexibility index (Phi) is 3.81. The van der Waals surface area contributed by atoms with E-state index in [2.05, 4.69) is 9.72 Å². The number of nitrogens with two attached hydrogens (primary N) is 1. The highest BCUT2D eigenvalue weighted by molar-refractivity contribution is 6.30. The van der Waals surface area contributed by atoms with E-state index in [-0.39, 0.29) is 6.42 Å². The van der Waals surface area contributed by atoms with Crippen LogP contribution in [0.5, 0.6) is 0 Å². The number of carboxylic acid groups (broad SMARTS) is 1. The normalized spacial score (nSPS) is 12.1. The number of esters is 2. The molecule has 7 nitrogen and oxygen atoms in total. The summed E-state index contributed by atoms with van der Waals surface area (Å²) in [5.74, 6) is -4.54. The van der Waals surface area contributed by atoms with E-state index in [0.717, 1.165) is 16.5 Å². The van der Waals surface area contributed by atoms with Crippen molar-refractivity contribution in [3.05, 3.63) is 36.0 Å². The Morgan fingerprint density at radius 2 is 2.00 bits per heavy atom. The molecular formula is C13H12N2O5. The SMILES string of the molecule is N[C@@H](Cc1c[nH]c2ccccc12)C(=O)OC(=O)C(=O)O. The molecule has 7 heteroatoms. The van der Waals surface area contributed by atoms with Crippen LogP contribution in [-0.2, 0) is 25.5 Å². The molecule has 2 rings (SSSR count). The van der Waals surface area contributed by atoms with Crippen molar-refractivity contribution in [2.24, 2.45) is 5.73 Å². The molecule has 0 amide bonds. The molecule has 0 fully saturated rings. The summed E-state index contributed by atoms with van der Waals surface area (Å²) in [5, 5.41) is 9.24. The van der Waals surface area contributed by atoms with Gasteiger partial charge in [0.1, 0.15) is 6.04 Å². The second-order valence-electron chi connectivity index (χ2n) is 4.18. The molecule has 20 heavy (non-hydrogen) atoms. The van der Waals surface area contributed by atoms with Gasteiger partial charge in [0, 0.05) is 23.5 Å². The van der Waals surface area contributed by atoms with Crippen molar-refractivity contribution in [3.63, 3.8) is 0 Å². The maximum absolute atomic E-state index is 11.5. The number of nitrogens with one attached hydrogen (secondary N) is 1. The van der Waals surface area contributed by atoms with Gasteiger partial charge in [0.25, 0.3) is 0 Å². The lowest BCUT2D eigenvalue weighted by Crippen LogP contribution is -2.37. The third kappa shape index (κ3) is 2.83. The number of hydrogen-bond donors (Lipinski definition) is 3. The number of aromatic nitrogens is 1. The van der Waals surface area contributed by atoms with Crippen molar-refractivity contribution in [1.29, 1.82) is 0 Å². The molecule has 104 valence electrons. The maximum Gasteiger partial charge on any atom is 0.424 e. The van der Waals surface area contributed by atoms with E-state index in [9.17, 15) is 14.4 Å². The van der Waals surface area contributed by atoms with Gasteiger partial charge >= 0.3 is 17.9 Å². The van der Waals surface area contributed by atoms with E-state index >= 15 is 0 Å². The average Bonchev–Trinajstić information content (AvgIpc) is 2.82. The zero-order valence-corrected chi connectivity index (χ0v) is 10.3. The first-order chi connectivity index (χ1) is 9.49. The van der Waals surface area contributed by atoms with Crippen molar-refractivity contribution >= 4 is 28.8 Å². The van der Waals surface area contributed by atoms with Gasteiger partial charge in [-0.25, -0.2) is 14.4 Å². The van der Waals surface area contributed by atoms with Gasteiger partial charge in [-0.15, -0.1) is 0 Å². The van der Waals surface area contributed by atoms with Crippen LogP contribution >= 0.6 is 0 Å². The first kappa shape index (κ1) is 13.8. The van der Waals surface area contributed by atoms with Crippen LogP contribution in [0.2, 0.25) is 0 Å². The number of ether oxygens (including phenoxy) is 1. The van der Waals surface area contributed by atoms with Crippen molar-refractivity contribution in [1.82, 2.24) is 4.98 Å². The zero-order valence-electron chi connectivity index (χ0n) is 10.3. The Morgan fingerprint density at radius 1 is 1.30 bits per heavy atom. The lowest BCUT2D eigenvalue weighted by atomic mass is 10.1. The molecule has 0 saturated carbocycles. The number of aliphatic carboxylic acids is 1. The van der Waals surface area contributed by atoms with Gasteiger partial charge in [-0.2, -0.15) is 0 Å². The molecule has 1 aromatic carbocycles. The van der Waals surface area contributed by atoms with Crippen molar-refractivity contribution in [2.75, 3.05) is 0 Å². The summed E-state index contributed by atoms with van der Waals surface area (Å²) in [5.41, 5.74) is 7.29. The first-order valence-corrected chi connectivity index (χ1v) is 5.78. The Labute approximate surface area is 113 Å². The molecular weight excluding hydrogens is 264 g/mol. The average molecular weight is 276 g/mol. The lowest BCUT2D eigenvalue weighted by Gasteiger charge is -2.08. The number of H-pyrrole nitrogens is 1. The maximum atomic E-state index is 11.5. The Balaban J connectivity index is 2.08. The molecule has 0 saturated heterocycles. The minimum absolute atomic E-state index is 0.135. The highest BCUT2D eigenvalue weighted by Crippen LogP contribution is 2.18. The van der Waals surface area contributed by atoms with E-state index in [1.165, 1.54) is 0 Å². The summed E-state index contributed by atoms with van der Waals surface area (Å²) in [6, 6.07) is 6.33. The molecule has 0 unspecified atom stereocenters. The van der Waals surface area contributed by atoms with Gasteiger partial charge in [-0.05, 0) is 11.6 Å². The predicted molar refractivity (Wildman–Crippen MR) is 68.7 cm³/mol. The fourth-order valence-corrected chi connectivity index (χ4v) is 1.83. The Hall–Kier alpha value is -2.67. The van der Waals surface area contributed by atoms with Gasteiger partial charge in [0.05, 0.1) is 0 Å². The topological polar surface area (TPSA) is 122 Å². The monoisotopic (exact) mass is 276 g/mol. The summed E-state index contributed by atoms with van der Waals surface area (Å²) in [6.07, 6.45) is 1.84. The smallest absolute Gasteiger partial charge is 0.424 e. The number of benzene rings is 1. The van der Waals surface area contributed by atoms with Crippen LogP contribution in [-0.4, -0.2) is 34.0 Å². The molecule has 0 aliphatic heterocycles. The second-order valence-corrected chi connectivity index (χ2v) is 4.18. The van der Waals surface area contributed by atoms with Gasteiger partial charge in [-0.3, -0.25) is 0 Å². The number of hydrogen-bond acceptors (Lipinski definition) is 5. The minimum atomic E-state index is -1.84. The molecule has 1 atom stereocenters. The predicted octanol–water partition coefficient (Wildman–Crippen LogP) is 0.192. The standard InChI is InChI=1S/C13H12N2O5/c14-9(12(18)20-13(19)11(16)17)5-7-6-15-10-4-2-1-3-8(7)10/h1-4,6,9,15H,5,14H2,(H,16,17)/t9-/m0/s1. The molecule has 0 bridgehead atoms.